The van der Waals surface area contributed by atoms with E-state index in [1.165, 1.54) is 0 Å². The first-order chi connectivity index (χ1) is 19.5. The van der Waals surface area contributed by atoms with Crippen molar-refractivity contribution in [3.05, 3.63) is 61.2 Å². The second-order valence-electron chi connectivity index (χ2n) is 11.4. The van der Waals surface area contributed by atoms with Gasteiger partial charge in [-0.25, -0.2) is 4.79 Å². The number of alkyl halides is 3. The van der Waals surface area contributed by atoms with E-state index in [4.69, 9.17) is 16.3 Å². The number of nitrogens with zero attached hydrogens (tertiary/aromatic N) is 5. The minimum atomic E-state index is -4.59. The Morgan fingerprint density at radius 1 is 1.19 bits per heavy atom. The number of hydrogen-bond acceptors (Lipinski definition) is 6. The molecular formula is C27H27BrClF3N6O4. The number of aromatic nitrogens is 4. The molecule has 3 heterocycles. The summed E-state index contributed by atoms with van der Waals surface area (Å²) in [5, 5.41) is 6.48. The molecule has 1 aliphatic carbocycles. The van der Waals surface area contributed by atoms with Crippen LogP contribution in [-0.2, 0) is 27.7 Å². The number of likely N-dealkylation sites (tertiary alicyclic amines) is 1. The van der Waals surface area contributed by atoms with E-state index < -0.39 is 34.8 Å². The Balaban J connectivity index is 1.49. The van der Waals surface area contributed by atoms with Crippen LogP contribution >= 0.6 is 27.5 Å². The summed E-state index contributed by atoms with van der Waals surface area (Å²) >= 11 is 9.25. The molecule has 15 heteroatoms. The number of hydrogen-bond donors (Lipinski definition) is 1. The van der Waals surface area contributed by atoms with Gasteiger partial charge in [0.05, 0.1) is 27.5 Å². The van der Waals surface area contributed by atoms with Gasteiger partial charge in [0.2, 0.25) is 16.4 Å². The van der Waals surface area contributed by atoms with Gasteiger partial charge in [-0.05, 0) is 80.2 Å². The molecule has 1 aromatic carbocycles. The Kier molecular flexibility index (Phi) is 7.45. The fourth-order valence-electron chi connectivity index (χ4n) is 5.53. The summed E-state index contributed by atoms with van der Waals surface area (Å²) < 4.78 is 47.5. The Morgan fingerprint density at radius 3 is 2.45 bits per heavy atom. The number of anilines is 1. The number of nitrogens with one attached hydrogen (secondary N) is 1. The average Bonchev–Trinajstić information content (AvgIpc) is 3.39. The first kappa shape index (κ1) is 30.1. The lowest BCUT2D eigenvalue weighted by Crippen LogP contribution is -2.47. The van der Waals surface area contributed by atoms with Crippen LogP contribution in [0.15, 0.2) is 33.8 Å². The van der Waals surface area contributed by atoms with Gasteiger partial charge in [0, 0.05) is 18.5 Å². The molecule has 1 spiro atoms. The van der Waals surface area contributed by atoms with Crippen LogP contribution in [-0.4, -0.2) is 54.8 Å². The first-order valence-electron chi connectivity index (χ1n) is 13.0. The van der Waals surface area contributed by atoms with Gasteiger partial charge in [0.15, 0.2) is 0 Å². The number of carbonyl (C=O) groups is 2. The van der Waals surface area contributed by atoms with Gasteiger partial charge in [-0.3, -0.25) is 9.59 Å². The second kappa shape index (κ2) is 10.4. The van der Waals surface area contributed by atoms with Crippen LogP contribution < -0.4 is 10.9 Å². The van der Waals surface area contributed by atoms with Crippen molar-refractivity contribution in [3.63, 3.8) is 0 Å². The fraction of sp³-hybridized carbons (Fsp3) is 0.444. The predicted octanol–water partition coefficient (Wildman–Crippen LogP) is 5.65. The van der Waals surface area contributed by atoms with E-state index in [1.54, 1.807) is 30.2 Å². The molecule has 1 N–H and O–H groups in total. The number of ether oxygens (including phenoxy) is 1. The molecule has 1 saturated heterocycles. The lowest BCUT2D eigenvalue weighted by Gasteiger charge is -2.39. The quantitative estimate of drug-likeness (QED) is 0.386. The number of halogens is 5. The number of benzene rings is 1. The normalized spacial score (nSPS) is 16.5. The summed E-state index contributed by atoms with van der Waals surface area (Å²) in [6, 6.07) is 2.65. The maximum Gasteiger partial charge on any atom is 0.416 e. The van der Waals surface area contributed by atoms with Crippen molar-refractivity contribution < 1.29 is 27.5 Å². The van der Waals surface area contributed by atoms with Crippen LogP contribution in [0.1, 0.15) is 57.4 Å². The second-order valence-corrected chi connectivity index (χ2v) is 12.5. The minimum Gasteiger partial charge on any atom is -0.444 e. The Hall–Kier alpha value is -3.39. The van der Waals surface area contributed by atoms with E-state index in [1.807, 2.05) is 13.0 Å². The number of rotatable bonds is 3. The number of amides is 2. The molecule has 224 valence electrons. The average molecular weight is 672 g/mol. The SMILES string of the molecule is CC1=CC2(CCN(C(=O)OC(C)(C)C)CC2)c2c1n(CC(=O)Nc1ccc(C(F)(F)F)cc1Cl)c1nc(Br)nn1c2=O. The Bertz CT molecular complexity index is 1700. The van der Waals surface area contributed by atoms with E-state index >= 15 is 0 Å². The van der Waals surface area contributed by atoms with Crippen molar-refractivity contribution in [2.75, 3.05) is 18.4 Å². The van der Waals surface area contributed by atoms with Crippen molar-refractivity contribution in [1.29, 1.82) is 0 Å². The summed E-state index contributed by atoms with van der Waals surface area (Å²) in [6.45, 7) is 7.58. The van der Waals surface area contributed by atoms with Crippen LogP contribution in [0, 0.1) is 0 Å². The maximum atomic E-state index is 13.8. The third kappa shape index (κ3) is 5.53. The summed E-state index contributed by atoms with van der Waals surface area (Å²) in [7, 11) is 0. The smallest absolute Gasteiger partial charge is 0.416 e. The summed E-state index contributed by atoms with van der Waals surface area (Å²) in [6.07, 6.45) is -2.14. The van der Waals surface area contributed by atoms with Gasteiger partial charge in [-0.2, -0.15) is 22.7 Å². The molecule has 1 aliphatic heterocycles. The Morgan fingerprint density at radius 2 is 1.86 bits per heavy atom. The third-order valence-corrected chi connectivity index (χ3v) is 7.91. The van der Waals surface area contributed by atoms with Gasteiger partial charge >= 0.3 is 12.3 Å². The van der Waals surface area contributed by atoms with Crippen LogP contribution in [0.3, 0.4) is 0 Å². The standard InChI is InChI=1S/C27H27BrClF3N6O4/c1-14-12-26(7-9-36(10-8-26)24(41)42-25(2,3)4)19-20(14)37(23-34-22(28)35-38(23)21(19)40)13-18(39)33-17-6-5-15(11-16(17)29)27(30,31)32/h5-6,11-12H,7-10,13H2,1-4H3,(H,33,39). The maximum absolute atomic E-state index is 13.8. The van der Waals surface area contributed by atoms with E-state index in [2.05, 4.69) is 31.3 Å². The highest BCUT2D eigenvalue weighted by Gasteiger charge is 2.45. The lowest BCUT2D eigenvalue weighted by atomic mass is 9.75. The molecule has 2 amide bonds. The molecule has 2 aliphatic rings. The molecule has 10 nitrogen and oxygen atoms in total. The molecule has 2 aromatic heterocycles. The van der Waals surface area contributed by atoms with Gasteiger partial charge in [-0.1, -0.05) is 17.7 Å². The van der Waals surface area contributed by atoms with Crippen molar-refractivity contribution in [3.8, 4) is 0 Å². The van der Waals surface area contributed by atoms with E-state index in [0.29, 0.717) is 37.2 Å². The number of allylic oxidation sites excluding steroid dienone is 2. The zero-order valence-corrected chi connectivity index (χ0v) is 25.4. The van der Waals surface area contributed by atoms with E-state index in [9.17, 15) is 27.6 Å². The number of piperidine rings is 1. The van der Waals surface area contributed by atoms with Crippen LogP contribution in [0.2, 0.25) is 5.02 Å². The van der Waals surface area contributed by atoms with Gasteiger partial charge in [0.25, 0.3) is 5.56 Å². The molecule has 42 heavy (non-hydrogen) atoms. The summed E-state index contributed by atoms with van der Waals surface area (Å²) in [5.41, 5.74) is -0.994. The largest absolute Gasteiger partial charge is 0.444 e. The summed E-state index contributed by atoms with van der Waals surface area (Å²) in [4.78, 5) is 45.6. The summed E-state index contributed by atoms with van der Waals surface area (Å²) in [5.74, 6) is -0.493. The van der Waals surface area contributed by atoms with Crippen molar-refractivity contribution in [1.82, 2.24) is 24.1 Å². The number of fused-ring (bicyclic) bond motifs is 3. The fourth-order valence-corrected chi connectivity index (χ4v) is 6.08. The van der Waals surface area contributed by atoms with Crippen molar-refractivity contribution in [2.45, 2.75) is 64.3 Å². The van der Waals surface area contributed by atoms with Gasteiger partial charge in [-0.15, -0.1) is 5.10 Å². The molecular weight excluding hydrogens is 645 g/mol. The molecule has 0 bridgehead atoms. The molecule has 0 atom stereocenters. The van der Waals surface area contributed by atoms with Crippen LogP contribution in [0.5, 0.6) is 0 Å². The Labute approximate surface area is 251 Å². The van der Waals surface area contributed by atoms with Crippen molar-refractivity contribution >= 4 is 56.6 Å². The zero-order chi connectivity index (χ0) is 30.8. The van der Waals surface area contributed by atoms with E-state index in [0.717, 1.165) is 28.3 Å². The topological polar surface area (TPSA) is 111 Å². The lowest BCUT2D eigenvalue weighted by molar-refractivity contribution is -0.137. The minimum absolute atomic E-state index is 0.00396. The molecule has 0 saturated carbocycles. The highest BCUT2D eigenvalue weighted by Crippen LogP contribution is 2.46. The molecule has 1 fully saturated rings. The van der Waals surface area contributed by atoms with E-state index in [-0.39, 0.29) is 33.3 Å². The van der Waals surface area contributed by atoms with Gasteiger partial charge < -0.3 is 19.5 Å². The molecule has 3 aromatic rings. The number of carbonyl (C=O) groups excluding carboxylic acids is 2. The third-order valence-electron chi connectivity index (χ3n) is 7.26. The predicted molar refractivity (Wildman–Crippen MR) is 152 cm³/mol. The molecule has 0 unspecified atom stereocenters. The monoisotopic (exact) mass is 670 g/mol. The molecule has 0 radical (unpaired) electrons. The van der Waals surface area contributed by atoms with Crippen LogP contribution in [0.25, 0.3) is 11.4 Å². The highest BCUT2D eigenvalue weighted by atomic mass is 79.9. The van der Waals surface area contributed by atoms with Crippen LogP contribution in [0.4, 0.5) is 23.7 Å². The highest BCUT2D eigenvalue weighted by molar-refractivity contribution is 9.10. The van der Waals surface area contributed by atoms with Crippen molar-refractivity contribution in [2.24, 2.45) is 0 Å². The zero-order valence-electron chi connectivity index (χ0n) is 23.1. The first-order valence-corrected chi connectivity index (χ1v) is 14.2. The molecule has 5 rings (SSSR count). The van der Waals surface area contributed by atoms with Gasteiger partial charge in [0.1, 0.15) is 12.1 Å².